The number of rotatable bonds is 4. The van der Waals surface area contributed by atoms with Crippen molar-refractivity contribution in [1.82, 2.24) is 20.2 Å². The molecule has 26 heavy (non-hydrogen) atoms. The quantitative estimate of drug-likeness (QED) is 0.585. The average Bonchev–Trinajstić information content (AvgIpc) is 3.08. The van der Waals surface area contributed by atoms with Crippen molar-refractivity contribution in [2.75, 3.05) is 17.7 Å². The van der Waals surface area contributed by atoms with Crippen LogP contribution < -0.4 is 15.4 Å². The molecule has 0 aliphatic rings. The van der Waals surface area contributed by atoms with E-state index < -0.39 is 0 Å². The van der Waals surface area contributed by atoms with E-state index in [1.165, 1.54) is 0 Å². The van der Waals surface area contributed by atoms with Gasteiger partial charge in [0.15, 0.2) is 5.82 Å². The molecule has 4 rings (SSSR count). The van der Waals surface area contributed by atoms with Crippen molar-refractivity contribution in [3.63, 3.8) is 0 Å². The number of nitrogens with two attached hydrogens (primary N) is 1. The van der Waals surface area contributed by atoms with E-state index in [9.17, 15) is 0 Å². The number of anilines is 4. The molecule has 3 N–H and O–H groups in total. The Morgan fingerprint density at radius 2 is 1.85 bits per heavy atom. The summed E-state index contributed by atoms with van der Waals surface area (Å²) in [6.07, 6.45) is 3.46. The van der Waals surface area contributed by atoms with Gasteiger partial charge in [0.2, 0.25) is 0 Å². The first kappa shape index (κ1) is 15.9. The Balaban J connectivity index is 1.93. The van der Waals surface area contributed by atoms with E-state index >= 15 is 0 Å². The molecule has 7 heteroatoms. The maximum Gasteiger partial charge on any atom is 0.160 e. The minimum atomic E-state index is 0.450. The number of aromatic nitrogens is 4. The van der Waals surface area contributed by atoms with Crippen LogP contribution in [0.25, 0.3) is 10.8 Å². The third-order valence-electron chi connectivity index (χ3n) is 4.13. The molecule has 130 valence electrons. The molecular weight excluding hydrogens is 328 g/mol. The number of pyridine rings is 2. The molecule has 3 aromatic heterocycles. The first-order valence-corrected chi connectivity index (χ1v) is 8.12. The maximum atomic E-state index is 6.23. The Morgan fingerprint density at radius 1 is 1.04 bits per heavy atom. The molecule has 0 bridgehead atoms. The first-order chi connectivity index (χ1) is 12.7. The second-order valence-corrected chi connectivity index (χ2v) is 5.90. The van der Waals surface area contributed by atoms with Crippen molar-refractivity contribution in [3.8, 4) is 5.75 Å². The lowest BCUT2D eigenvalue weighted by Crippen LogP contribution is -2.13. The summed E-state index contributed by atoms with van der Waals surface area (Å²) in [6.45, 7) is 1.95. The number of hydrogen-bond donors (Lipinski definition) is 2. The van der Waals surface area contributed by atoms with Crippen LogP contribution in [0.1, 0.15) is 5.69 Å². The van der Waals surface area contributed by atoms with Gasteiger partial charge >= 0.3 is 0 Å². The minimum Gasteiger partial charge on any atom is -0.497 e. The number of nitrogen functional groups attached to an aromatic ring is 1. The van der Waals surface area contributed by atoms with E-state index in [1.54, 1.807) is 19.5 Å². The van der Waals surface area contributed by atoms with Crippen LogP contribution in [0.15, 0.2) is 54.9 Å². The molecule has 0 saturated carbocycles. The second-order valence-electron chi connectivity index (χ2n) is 5.90. The predicted octanol–water partition coefficient (Wildman–Crippen LogP) is 3.72. The van der Waals surface area contributed by atoms with Crippen molar-refractivity contribution in [2.24, 2.45) is 0 Å². The smallest absolute Gasteiger partial charge is 0.160 e. The number of H-pyrrole nitrogens is 1. The van der Waals surface area contributed by atoms with E-state index in [2.05, 4.69) is 20.2 Å². The molecule has 0 fully saturated rings. The van der Waals surface area contributed by atoms with Gasteiger partial charge in [0.25, 0.3) is 0 Å². The Labute approximate surface area is 150 Å². The zero-order valence-corrected chi connectivity index (χ0v) is 14.5. The molecule has 1 aromatic carbocycles. The van der Waals surface area contributed by atoms with Gasteiger partial charge in [-0.25, -0.2) is 4.98 Å². The molecule has 0 spiro atoms. The fourth-order valence-electron chi connectivity index (χ4n) is 2.88. The third-order valence-corrected chi connectivity index (χ3v) is 4.13. The molecule has 4 aromatic rings. The largest absolute Gasteiger partial charge is 0.497 e. The Hall–Kier alpha value is -3.61. The van der Waals surface area contributed by atoms with Gasteiger partial charge in [-0.2, -0.15) is 5.10 Å². The van der Waals surface area contributed by atoms with Crippen molar-refractivity contribution in [2.45, 2.75) is 6.92 Å². The lowest BCUT2D eigenvalue weighted by Gasteiger charge is -2.22. The number of nitrogens with one attached hydrogen (secondary N) is 1. The molecule has 0 radical (unpaired) electrons. The van der Waals surface area contributed by atoms with Crippen LogP contribution in [-0.2, 0) is 0 Å². The van der Waals surface area contributed by atoms with Gasteiger partial charge in [0.05, 0.1) is 12.8 Å². The van der Waals surface area contributed by atoms with Gasteiger partial charge in [0, 0.05) is 29.5 Å². The lowest BCUT2D eigenvalue weighted by atomic mass is 10.1. The van der Waals surface area contributed by atoms with Crippen LogP contribution in [0.3, 0.4) is 0 Å². The van der Waals surface area contributed by atoms with Crippen molar-refractivity contribution in [3.05, 3.63) is 60.6 Å². The summed E-state index contributed by atoms with van der Waals surface area (Å²) in [5.41, 5.74) is 8.07. The zero-order chi connectivity index (χ0) is 18.1. The Morgan fingerprint density at radius 3 is 2.54 bits per heavy atom. The van der Waals surface area contributed by atoms with Gasteiger partial charge in [-0.05, 0) is 48.7 Å². The van der Waals surface area contributed by atoms with Crippen molar-refractivity contribution in [1.29, 1.82) is 0 Å². The third kappa shape index (κ3) is 2.79. The molecule has 0 aliphatic heterocycles. The number of hydrogen-bond acceptors (Lipinski definition) is 6. The van der Waals surface area contributed by atoms with Crippen LogP contribution >= 0.6 is 0 Å². The van der Waals surface area contributed by atoms with Crippen molar-refractivity contribution < 1.29 is 4.74 Å². The molecule has 0 amide bonds. The Kier molecular flexibility index (Phi) is 3.89. The summed E-state index contributed by atoms with van der Waals surface area (Å²) in [5.74, 6) is 2.61. The van der Waals surface area contributed by atoms with Crippen LogP contribution in [-0.4, -0.2) is 27.3 Å². The highest BCUT2D eigenvalue weighted by Gasteiger charge is 2.18. The number of fused-ring (bicyclic) bond motifs is 1. The first-order valence-electron chi connectivity index (χ1n) is 8.12. The SMILES string of the molecule is COc1ccc2c(N)nc(N(c3ccncc3)c3cc(C)[nH]n3)cc2c1. The average molecular weight is 346 g/mol. The summed E-state index contributed by atoms with van der Waals surface area (Å²) in [6, 6.07) is 13.5. The van der Waals surface area contributed by atoms with Crippen LogP contribution in [0, 0.1) is 6.92 Å². The molecule has 0 aliphatic carbocycles. The number of nitrogens with zero attached hydrogens (tertiary/aromatic N) is 4. The van der Waals surface area contributed by atoms with Crippen molar-refractivity contribution >= 4 is 33.9 Å². The highest BCUT2D eigenvalue weighted by Crippen LogP contribution is 2.35. The maximum absolute atomic E-state index is 6.23. The highest BCUT2D eigenvalue weighted by molar-refractivity contribution is 5.95. The fraction of sp³-hybridized carbons (Fsp3) is 0.105. The zero-order valence-electron chi connectivity index (χ0n) is 14.5. The van der Waals surface area contributed by atoms with E-state index in [0.29, 0.717) is 11.6 Å². The molecule has 0 saturated heterocycles. The summed E-state index contributed by atoms with van der Waals surface area (Å²) < 4.78 is 5.33. The van der Waals surface area contributed by atoms with Gasteiger partial charge in [-0.1, -0.05) is 0 Å². The summed E-state index contributed by atoms with van der Waals surface area (Å²) in [5, 5.41) is 9.18. The molecular formula is C19H18N6O. The van der Waals surface area contributed by atoms with E-state index in [4.69, 9.17) is 10.5 Å². The van der Waals surface area contributed by atoms with Gasteiger partial charge in [-0.3, -0.25) is 15.0 Å². The summed E-state index contributed by atoms with van der Waals surface area (Å²) in [4.78, 5) is 10.6. The summed E-state index contributed by atoms with van der Waals surface area (Å²) >= 11 is 0. The van der Waals surface area contributed by atoms with Gasteiger partial charge < -0.3 is 10.5 Å². The molecule has 3 heterocycles. The number of aromatic amines is 1. The number of benzene rings is 1. The monoisotopic (exact) mass is 346 g/mol. The van der Waals surface area contributed by atoms with Crippen LogP contribution in [0.4, 0.5) is 23.1 Å². The number of methoxy groups -OCH3 is 1. The second kappa shape index (κ2) is 6.36. The van der Waals surface area contributed by atoms with E-state index in [0.717, 1.165) is 33.7 Å². The molecule has 0 unspecified atom stereocenters. The normalized spacial score (nSPS) is 10.8. The minimum absolute atomic E-state index is 0.450. The summed E-state index contributed by atoms with van der Waals surface area (Å²) in [7, 11) is 1.64. The molecule has 7 nitrogen and oxygen atoms in total. The standard InChI is InChI=1S/C19H18N6O/c1-12-9-18(24-23-12)25(14-5-7-21-8-6-14)17-11-13-10-15(26-2)3-4-16(13)19(20)22-17/h3-11H,1-2H3,(H2,20,22)(H,23,24). The van der Waals surface area contributed by atoms with E-state index in [-0.39, 0.29) is 0 Å². The topological polar surface area (TPSA) is 93.0 Å². The number of aryl methyl sites for hydroxylation is 1. The molecule has 0 atom stereocenters. The van der Waals surface area contributed by atoms with E-state index in [1.807, 2.05) is 54.3 Å². The predicted molar refractivity (Wildman–Crippen MR) is 102 cm³/mol. The fourth-order valence-corrected chi connectivity index (χ4v) is 2.88. The van der Waals surface area contributed by atoms with Crippen LogP contribution in [0.2, 0.25) is 0 Å². The van der Waals surface area contributed by atoms with Gasteiger partial charge in [0.1, 0.15) is 17.4 Å². The Bertz CT molecular complexity index is 1060. The number of ether oxygens (including phenoxy) is 1. The lowest BCUT2D eigenvalue weighted by molar-refractivity contribution is 0.415. The van der Waals surface area contributed by atoms with Gasteiger partial charge in [-0.15, -0.1) is 0 Å². The van der Waals surface area contributed by atoms with Crippen LogP contribution in [0.5, 0.6) is 5.75 Å². The highest BCUT2D eigenvalue weighted by atomic mass is 16.5.